The molecule has 0 saturated carbocycles. The zero-order valence-electron chi connectivity index (χ0n) is 14.5. The standard InChI is InChI=1S/C20H25NO3/c1-20(2,3)24-14-17-8-4-6-15(10-17)12-21-13-16-7-5-9-18(11-16)19(22)23/h4-11,21H,12-14H2,1-3H3,(H,22,23). The van der Waals surface area contributed by atoms with Gasteiger partial charge in [-0.15, -0.1) is 0 Å². The molecule has 0 saturated heterocycles. The lowest BCUT2D eigenvalue weighted by atomic mass is 10.1. The number of carboxylic acid groups (broad SMARTS) is 1. The van der Waals surface area contributed by atoms with Crippen LogP contribution in [0.1, 0.15) is 47.8 Å². The highest BCUT2D eigenvalue weighted by molar-refractivity contribution is 5.87. The van der Waals surface area contributed by atoms with E-state index in [2.05, 4.69) is 23.5 Å². The zero-order chi connectivity index (χ0) is 17.6. The second kappa shape index (κ2) is 8.08. The molecule has 0 aliphatic heterocycles. The van der Waals surface area contributed by atoms with E-state index in [9.17, 15) is 4.79 Å². The molecule has 0 bridgehead atoms. The van der Waals surface area contributed by atoms with Gasteiger partial charge >= 0.3 is 5.97 Å². The minimum Gasteiger partial charge on any atom is -0.478 e. The van der Waals surface area contributed by atoms with E-state index >= 15 is 0 Å². The normalized spacial score (nSPS) is 11.5. The predicted molar refractivity (Wildman–Crippen MR) is 94.9 cm³/mol. The Bertz CT molecular complexity index is 689. The number of aromatic carboxylic acids is 1. The van der Waals surface area contributed by atoms with Crippen LogP contribution in [-0.2, 0) is 24.4 Å². The van der Waals surface area contributed by atoms with Crippen LogP contribution in [0, 0.1) is 0 Å². The van der Waals surface area contributed by atoms with Crippen molar-refractivity contribution in [2.24, 2.45) is 0 Å². The van der Waals surface area contributed by atoms with Crippen molar-refractivity contribution < 1.29 is 14.6 Å². The molecule has 0 radical (unpaired) electrons. The Morgan fingerprint density at radius 1 is 1.00 bits per heavy atom. The summed E-state index contributed by atoms with van der Waals surface area (Å²) in [5.74, 6) is -0.900. The fourth-order valence-corrected chi connectivity index (χ4v) is 2.29. The number of hydrogen-bond donors (Lipinski definition) is 2. The molecule has 2 rings (SSSR count). The third-order valence-electron chi connectivity index (χ3n) is 3.50. The van der Waals surface area contributed by atoms with E-state index in [0.29, 0.717) is 18.7 Å². The van der Waals surface area contributed by atoms with Crippen LogP contribution < -0.4 is 5.32 Å². The van der Waals surface area contributed by atoms with Gasteiger partial charge in [0.25, 0.3) is 0 Å². The van der Waals surface area contributed by atoms with Gasteiger partial charge in [0, 0.05) is 13.1 Å². The molecule has 4 heteroatoms. The molecule has 2 aromatic rings. The maximum absolute atomic E-state index is 11.0. The first kappa shape index (κ1) is 18.2. The molecule has 0 atom stereocenters. The quantitative estimate of drug-likeness (QED) is 0.807. The summed E-state index contributed by atoms with van der Waals surface area (Å²) in [7, 11) is 0. The first-order chi connectivity index (χ1) is 11.3. The van der Waals surface area contributed by atoms with Crippen molar-refractivity contribution in [1.29, 1.82) is 0 Å². The number of carboxylic acids is 1. The molecule has 0 unspecified atom stereocenters. The van der Waals surface area contributed by atoms with Crippen LogP contribution >= 0.6 is 0 Å². The Kier molecular flexibility index (Phi) is 6.12. The van der Waals surface area contributed by atoms with Gasteiger partial charge in [0.2, 0.25) is 0 Å². The van der Waals surface area contributed by atoms with Gasteiger partial charge in [-0.25, -0.2) is 4.79 Å². The van der Waals surface area contributed by atoms with Crippen LogP contribution in [0.25, 0.3) is 0 Å². The highest BCUT2D eigenvalue weighted by Crippen LogP contribution is 2.13. The van der Waals surface area contributed by atoms with Gasteiger partial charge in [0.1, 0.15) is 0 Å². The third-order valence-corrected chi connectivity index (χ3v) is 3.50. The molecule has 0 aliphatic carbocycles. The second-order valence-corrected chi connectivity index (χ2v) is 6.83. The molecule has 0 aromatic heterocycles. The first-order valence-corrected chi connectivity index (χ1v) is 8.08. The van der Waals surface area contributed by atoms with E-state index in [1.54, 1.807) is 18.2 Å². The number of ether oxygens (including phenoxy) is 1. The Balaban J connectivity index is 1.88. The minimum atomic E-state index is -0.900. The highest BCUT2D eigenvalue weighted by atomic mass is 16.5. The molecule has 4 nitrogen and oxygen atoms in total. The van der Waals surface area contributed by atoms with Gasteiger partial charge in [-0.2, -0.15) is 0 Å². The van der Waals surface area contributed by atoms with Gasteiger partial charge in [-0.05, 0) is 49.6 Å². The molecule has 2 aromatic carbocycles. The van der Waals surface area contributed by atoms with Crippen molar-refractivity contribution in [3.8, 4) is 0 Å². The van der Waals surface area contributed by atoms with E-state index < -0.39 is 5.97 Å². The summed E-state index contributed by atoms with van der Waals surface area (Å²) in [4.78, 5) is 11.0. The Hall–Kier alpha value is -2.17. The fraction of sp³-hybridized carbons (Fsp3) is 0.350. The number of nitrogens with one attached hydrogen (secondary N) is 1. The van der Waals surface area contributed by atoms with E-state index in [1.165, 1.54) is 5.56 Å². The van der Waals surface area contributed by atoms with Gasteiger partial charge in [-0.3, -0.25) is 0 Å². The van der Waals surface area contributed by atoms with Crippen LogP contribution in [0.5, 0.6) is 0 Å². The maximum Gasteiger partial charge on any atom is 0.335 e. The summed E-state index contributed by atoms with van der Waals surface area (Å²) < 4.78 is 5.80. The summed E-state index contributed by atoms with van der Waals surface area (Å²) in [6.07, 6.45) is 0. The van der Waals surface area contributed by atoms with E-state index in [-0.39, 0.29) is 5.60 Å². The number of hydrogen-bond acceptors (Lipinski definition) is 3. The van der Waals surface area contributed by atoms with Crippen molar-refractivity contribution in [3.63, 3.8) is 0 Å². The summed E-state index contributed by atoms with van der Waals surface area (Å²) >= 11 is 0. The van der Waals surface area contributed by atoms with Crippen LogP contribution in [0.4, 0.5) is 0 Å². The number of benzene rings is 2. The van der Waals surface area contributed by atoms with E-state index in [0.717, 1.165) is 17.7 Å². The molecular weight excluding hydrogens is 302 g/mol. The van der Waals surface area contributed by atoms with Gasteiger partial charge in [0.05, 0.1) is 17.8 Å². The zero-order valence-corrected chi connectivity index (χ0v) is 14.5. The van der Waals surface area contributed by atoms with Crippen molar-refractivity contribution >= 4 is 5.97 Å². The van der Waals surface area contributed by atoms with Crippen LogP contribution in [0.2, 0.25) is 0 Å². The molecule has 24 heavy (non-hydrogen) atoms. The van der Waals surface area contributed by atoms with Crippen LogP contribution in [-0.4, -0.2) is 16.7 Å². The first-order valence-electron chi connectivity index (χ1n) is 8.08. The van der Waals surface area contributed by atoms with Crippen molar-refractivity contribution in [2.45, 2.75) is 46.1 Å². The monoisotopic (exact) mass is 327 g/mol. The summed E-state index contributed by atoms with van der Waals surface area (Å²) in [5.41, 5.74) is 3.46. The lowest BCUT2D eigenvalue weighted by molar-refractivity contribution is -0.0149. The smallest absolute Gasteiger partial charge is 0.335 e. The van der Waals surface area contributed by atoms with E-state index in [4.69, 9.17) is 9.84 Å². The molecule has 2 N–H and O–H groups in total. The van der Waals surface area contributed by atoms with Gasteiger partial charge in [-0.1, -0.05) is 36.4 Å². The number of carbonyl (C=O) groups is 1. The Morgan fingerprint density at radius 3 is 2.21 bits per heavy atom. The lowest BCUT2D eigenvalue weighted by Crippen LogP contribution is -2.18. The molecular formula is C20H25NO3. The van der Waals surface area contributed by atoms with Gasteiger partial charge in [0.15, 0.2) is 0 Å². The molecule has 0 spiro atoms. The average molecular weight is 327 g/mol. The molecule has 0 heterocycles. The maximum atomic E-state index is 11.0. The Labute approximate surface area is 143 Å². The van der Waals surface area contributed by atoms with Crippen LogP contribution in [0.3, 0.4) is 0 Å². The predicted octanol–water partition coefficient (Wildman–Crippen LogP) is 3.99. The molecule has 128 valence electrons. The largest absolute Gasteiger partial charge is 0.478 e. The summed E-state index contributed by atoms with van der Waals surface area (Å²) in [6, 6.07) is 15.3. The summed E-state index contributed by atoms with van der Waals surface area (Å²) in [6.45, 7) is 8.08. The Morgan fingerprint density at radius 2 is 1.58 bits per heavy atom. The molecule has 0 aliphatic rings. The molecule has 0 amide bonds. The molecule has 0 fully saturated rings. The van der Waals surface area contributed by atoms with Crippen molar-refractivity contribution in [1.82, 2.24) is 5.32 Å². The van der Waals surface area contributed by atoms with Crippen molar-refractivity contribution in [3.05, 3.63) is 70.8 Å². The van der Waals surface area contributed by atoms with Gasteiger partial charge < -0.3 is 15.2 Å². The van der Waals surface area contributed by atoms with Crippen LogP contribution in [0.15, 0.2) is 48.5 Å². The third kappa shape index (κ3) is 6.14. The summed E-state index contributed by atoms with van der Waals surface area (Å²) in [5, 5.41) is 12.4. The number of rotatable bonds is 7. The van der Waals surface area contributed by atoms with Crippen molar-refractivity contribution in [2.75, 3.05) is 0 Å². The second-order valence-electron chi connectivity index (χ2n) is 6.83. The minimum absolute atomic E-state index is 0.149. The SMILES string of the molecule is CC(C)(C)OCc1cccc(CNCc2cccc(C(=O)O)c2)c1. The average Bonchev–Trinajstić information content (AvgIpc) is 2.53. The fourth-order valence-electron chi connectivity index (χ4n) is 2.29. The lowest BCUT2D eigenvalue weighted by Gasteiger charge is -2.19. The van der Waals surface area contributed by atoms with E-state index in [1.807, 2.05) is 32.9 Å². The highest BCUT2D eigenvalue weighted by Gasteiger charge is 2.10. The topological polar surface area (TPSA) is 58.6 Å².